The van der Waals surface area contributed by atoms with Crippen molar-refractivity contribution in [2.45, 2.75) is 26.7 Å². The van der Waals surface area contributed by atoms with Gasteiger partial charge in [-0.05, 0) is 12.8 Å². The molecule has 2 N–H and O–H groups in total. The Bertz CT molecular complexity index is 219. The summed E-state index contributed by atoms with van der Waals surface area (Å²) in [5, 5.41) is 0. The van der Waals surface area contributed by atoms with Crippen molar-refractivity contribution in [2.24, 2.45) is 0 Å². The fraction of sp³-hybridized carbons (Fsp3) is 0.875. The summed E-state index contributed by atoms with van der Waals surface area (Å²) in [5.74, 6) is -0.456. The number of nitrogens with zero attached hydrogens (tertiary/aromatic N) is 1. The lowest BCUT2D eigenvalue weighted by Crippen LogP contribution is -2.34. The van der Waals surface area contributed by atoms with E-state index in [-0.39, 0.29) is 0 Å². The first-order valence-electron chi connectivity index (χ1n) is 4.73. The van der Waals surface area contributed by atoms with Crippen LogP contribution in [0.5, 0.6) is 0 Å². The Labute approximate surface area is 84.3 Å². The zero-order valence-corrected chi connectivity index (χ0v) is 9.54. The molecule has 0 radical (unpaired) electrons. The highest BCUT2D eigenvalue weighted by Crippen LogP contribution is 2.34. The molecule has 0 aromatic heterocycles. The molecule has 0 aromatic carbocycles. The molecule has 0 saturated heterocycles. The highest BCUT2D eigenvalue weighted by atomic mass is 31.2. The second-order valence-electron chi connectivity index (χ2n) is 3.20. The van der Waals surface area contributed by atoms with Crippen LogP contribution in [0.2, 0.25) is 0 Å². The second kappa shape index (κ2) is 6.17. The van der Waals surface area contributed by atoms with E-state index in [1.165, 1.54) is 4.90 Å². The van der Waals surface area contributed by atoms with E-state index in [9.17, 15) is 9.36 Å². The molecule has 0 spiro atoms. The van der Waals surface area contributed by atoms with Crippen LogP contribution < -0.4 is 0 Å². The zero-order chi connectivity index (χ0) is 11.2. The van der Waals surface area contributed by atoms with Crippen LogP contribution in [-0.2, 0) is 9.36 Å². The summed E-state index contributed by atoms with van der Waals surface area (Å²) in [5.41, 5.74) is 0. The second-order valence-corrected chi connectivity index (χ2v) is 4.85. The SMILES string of the molecule is CCCN(CCC)C(=O)CP(=O)(O)O. The minimum absolute atomic E-state index is 0.456. The van der Waals surface area contributed by atoms with Gasteiger partial charge in [0, 0.05) is 13.1 Å². The van der Waals surface area contributed by atoms with Crippen LogP contribution in [0.1, 0.15) is 26.7 Å². The predicted octanol–water partition coefficient (Wildman–Crippen LogP) is 0.813. The molecule has 0 unspecified atom stereocenters. The van der Waals surface area contributed by atoms with E-state index < -0.39 is 19.7 Å². The molecule has 6 heteroatoms. The Morgan fingerprint density at radius 3 is 1.93 bits per heavy atom. The van der Waals surface area contributed by atoms with Gasteiger partial charge in [0.1, 0.15) is 6.16 Å². The average Bonchev–Trinajstić information content (AvgIpc) is 2.01. The minimum atomic E-state index is -4.21. The van der Waals surface area contributed by atoms with Crippen molar-refractivity contribution in [1.29, 1.82) is 0 Å². The lowest BCUT2D eigenvalue weighted by atomic mass is 10.3. The van der Waals surface area contributed by atoms with Gasteiger partial charge in [-0.25, -0.2) is 0 Å². The Morgan fingerprint density at radius 1 is 1.21 bits per heavy atom. The fourth-order valence-electron chi connectivity index (χ4n) is 1.18. The summed E-state index contributed by atoms with van der Waals surface area (Å²) >= 11 is 0. The summed E-state index contributed by atoms with van der Waals surface area (Å²) in [4.78, 5) is 30.1. The van der Waals surface area contributed by atoms with Crippen LogP contribution in [-0.4, -0.2) is 39.8 Å². The fourth-order valence-corrected chi connectivity index (χ4v) is 1.73. The Hall–Kier alpha value is -0.380. The van der Waals surface area contributed by atoms with E-state index in [4.69, 9.17) is 9.79 Å². The molecule has 0 rings (SSSR count). The summed E-state index contributed by atoms with van der Waals surface area (Å²) < 4.78 is 10.6. The topological polar surface area (TPSA) is 77.8 Å². The molecule has 0 atom stereocenters. The van der Waals surface area contributed by atoms with Gasteiger partial charge >= 0.3 is 7.60 Å². The quantitative estimate of drug-likeness (QED) is 0.653. The van der Waals surface area contributed by atoms with E-state index in [2.05, 4.69) is 0 Å². The third kappa shape index (κ3) is 6.13. The number of hydrogen-bond donors (Lipinski definition) is 2. The Morgan fingerprint density at radius 2 is 1.64 bits per heavy atom. The lowest BCUT2D eigenvalue weighted by molar-refractivity contribution is -0.128. The van der Waals surface area contributed by atoms with Crippen LogP contribution in [0.3, 0.4) is 0 Å². The van der Waals surface area contributed by atoms with E-state index >= 15 is 0 Å². The van der Waals surface area contributed by atoms with E-state index in [0.717, 1.165) is 12.8 Å². The van der Waals surface area contributed by atoms with Crippen molar-refractivity contribution in [2.75, 3.05) is 19.3 Å². The zero-order valence-electron chi connectivity index (χ0n) is 8.64. The van der Waals surface area contributed by atoms with Crippen molar-refractivity contribution in [3.63, 3.8) is 0 Å². The van der Waals surface area contributed by atoms with E-state index in [0.29, 0.717) is 13.1 Å². The predicted molar refractivity (Wildman–Crippen MR) is 54.1 cm³/mol. The van der Waals surface area contributed by atoms with Gasteiger partial charge in [-0.2, -0.15) is 0 Å². The molecule has 1 amide bonds. The van der Waals surface area contributed by atoms with Gasteiger partial charge in [0.2, 0.25) is 5.91 Å². The van der Waals surface area contributed by atoms with Crippen LogP contribution in [0.25, 0.3) is 0 Å². The third-order valence-corrected chi connectivity index (χ3v) is 2.36. The molecule has 84 valence electrons. The standard InChI is InChI=1S/C8H18NO4P/c1-3-5-9(6-4-2)8(10)7-14(11,12)13/h3-7H2,1-2H3,(H2,11,12,13). The summed E-state index contributed by atoms with van der Waals surface area (Å²) in [7, 11) is -4.21. The first kappa shape index (κ1) is 13.6. The molecule has 0 aliphatic heterocycles. The highest BCUT2D eigenvalue weighted by molar-refractivity contribution is 7.52. The number of carbonyl (C=O) groups excluding carboxylic acids is 1. The van der Waals surface area contributed by atoms with Crippen molar-refractivity contribution >= 4 is 13.5 Å². The monoisotopic (exact) mass is 223 g/mol. The van der Waals surface area contributed by atoms with Crippen molar-refractivity contribution in [3.8, 4) is 0 Å². The van der Waals surface area contributed by atoms with E-state index in [1.54, 1.807) is 0 Å². The van der Waals surface area contributed by atoms with Gasteiger partial charge in [-0.1, -0.05) is 13.8 Å². The average molecular weight is 223 g/mol. The molecular weight excluding hydrogens is 205 g/mol. The van der Waals surface area contributed by atoms with Gasteiger partial charge in [0.05, 0.1) is 0 Å². The van der Waals surface area contributed by atoms with Crippen LogP contribution in [0, 0.1) is 0 Å². The number of amides is 1. The number of rotatable bonds is 6. The molecule has 0 aliphatic carbocycles. The summed E-state index contributed by atoms with van der Waals surface area (Å²) in [6.45, 7) is 4.97. The van der Waals surface area contributed by atoms with Gasteiger partial charge in [-0.3, -0.25) is 9.36 Å². The van der Waals surface area contributed by atoms with Gasteiger partial charge in [0.15, 0.2) is 0 Å². The van der Waals surface area contributed by atoms with Crippen molar-refractivity contribution < 1.29 is 19.1 Å². The maximum atomic E-state index is 11.4. The Kier molecular flexibility index (Phi) is 6.00. The first-order chi connectivity index (χ1) is 6.40. The third-order valence-electron chi connectivity index (χ3n) is 1.68. The Balaban J connectivity index is 4.21. The number of carbonyl (C=O) groups is 1. The molecule has 0 saturated carbocycles. The molecular formula is C8H18NO4P. The minimum Gasteiger partial charge on any atom is -0.342 e. The molecule has 5 nitrogen and oxygen atoms in total. The largest absolute Gasteiger partial charge is 0.342 e. The smallest absolute Gasteiger partial charge is 0.334 e. The number of hydrogen-bond acceptors (Lipinski definition) is 2. The normalized spacial score (nSPS) is 11.4. The van der Waals surface area contributed by atoms with Crippen LogP contribution in [0.15, 0.2) is 0 Å². The lowest BCUT2D eigenvalue weighted by Gasteiger charge is -2.21. The molecule has 0 fully saturated rings. The molecule has 0 aromatic rings. The van der Waals surface area contributed by atoms with E-state index in [1.807, 2.05) is 13.8 Å². The van der Waals surface area contributed by atoms with Crippen molar-refractivity contribution in [1.82, 2.24) is 4.90 Å². The van der Waals surface area contributed by atoms with Crippen LogP contribution >= 0.6 is 7.60 Å². The van der Waals surface area contributed by atoms with Gasteiger partial charge < -0.3 is 14.7 Å². The maximum absolute atomic E-state index is 11.4. The molecule has 0 bridgehead atoms. The maximum Gasteiger partial charge on any atom is 0.334 e. The molecule has 14 heavy (non-hydrogen) atoms. The van der Waals surface area contributed by atoms with Crippen LogP contribution in [0.4, 0.5) is 0 Å². The molecule has 0 aliphatic rings. The van der Waals surface area contributed by atoms with Gasteiger partial charge in [-0.15, -0.1) is 0 Å². The summed E-state index contributed by atoms with van der Waals surface area (Å²) in [6.07, 6.45) is 0.923. The van der Waals surface area contributed by atoms with Crippen molar-refractivity contribution in [3.05, 3.63) is 0 Å². The summed E-state index contributed by atoms with van der Waals surface area (Å²) in [6, 6.07) is 0. The first-order valence-corrected chi connectivity index (χ1v) is 6.52. The highest BCUT2D eigenvalue weighted by Gasteiger charge is 2.22. The van der Waals surface area contributed by atoms with Gasteiger partial charge in [0.25, 0.3) is 0 Å². The molecule has 0 heterocycles.